The molecule has 1 radical (unpaired) electrons. The largest absolute Gasteiger partial charge is 0.442 e. The molecule has 0 aliphatic heterocycles. The van der Waals surface area contributed by atoms with Crippen LogP contribution in [0.25, 0.3) is 32.7 Å². The van der Waals surface area contributed by atoms with Gasteiger partial charge in [0.05, 0.1) is 5.52 Å². The Balaban J connectivity index is 0.000001000. The van der Waals surface area contributed by atoms with Gasteiger partial charge in [-0.15, -0.1) is 0 Å². The Morgan fingerprint density at radius 3 is 2.28 bits per heavy atom. The van der Waals surface area contributed by atoms with E-state index in [1.54, 1.807) is 12.5 Å². The first-order chi connectivity index (χ1) is 8.45. The Kier molecular flexibility index (Phi) is 2.62. The first-order valence-electron chi connectivity index (χ1n) is 5.48. The van der Waals surface area contributed by atoms with Gasteiger partial charge in [0.25, 0.3) is 0 Å². The Morgan fingerprint density at radius 1 is 0.778 bits per heavy atom. The normalized spacial score (nSPS) is 10.9. The van der Waals surface area contributed by atoms with Crippen LogP contribution in [0.4, 0.5) is 0 Å². The first-order valence-corrected chi connectivity index (χ1v) is 5.48. The molecule has 89 valence electrons. The molecule has 0 spiro atoms. The molecule has 2 heterocycles. The molecule has 0 aliphatic carbocycles. The Hall–Kier alpha value is -1.77. The van der Waals surface area contributed by atoms with Crippen LogP contribution in [-0.4, -0.2) is 9.97 Å². The van der Waals surface area contributed by atoms with E-state index in [1.165, 1.54) is 5.39 Å². The smallest absolute Gasteiger partial charge is 0.0742 e. The predicted octanol–water partition coefficient (Wildman–Crippen LogP) is 2.89. The van der Waals surface area contributed by atoms with E-state index in [2.05, 4.69) is 33.2 Å². The maximum absolute atomic E-state index is 4.43. The van der Waals surface area contributed by atoms with Crippen molar-refractivity contribution in [2.24, 2.45) is 0 Å². The molecule has 2 aromatic carbocycles. The van der Waals surface area contributed by atoms with E-state index >= 15 is 0 Å². The number of hydrogen-bond donors (Lipinski definition) is 0. The standard InChI is InChI=1S/C14H8N3.Ir/c1-2-5-10-9(4-1)11-6-3-7-15-12(11)14-13(10)16-8-17-14;/h1-8H;/q-1;. The maximum atomic E-state index is 4.43. The van der Waals surface area contributed by atoms with Gasteiger partial charge < -0.3 is 9.97 Å². The first kappa shape index (κ1) is 11.3. The van der Waals surface area contributed by atoms with Crippen molar-refractivity contribution in [2.45, 2.75) is 0 Å². The van der Waals surface area contributed by atoms with Crippen LogP contribution in [0.2, 0.25) is 0 Å². The van der Waals surface area contributed by atoms with Crippen molar-refractivity contribution < 1.29 is 20.1 Å². The second-order valence-electron chi connectivity index (χ2n) is 4.02. The molecule has 4 aromatic rings. The molecule has 4 rings (SSSR count). The zero-order valence-corrected chi connectivity index (χ0v) is 11.7. The molecule has 0 unspecified atom stereocenters. The average molecular weight is 410 g/mol. The minimum Gasteiger partial charge on any atom is -0.442 e. The third-order valence-corrected chi connectivity index (χ3v) is 3.10. The zero-order chi connectivity index (χ0) is 11.2. The molecule has 2 aromatic heterocycles. The SMILES string of the molecule is [Ir].c1ccc2c(c1)c1cccnc1c1[n-]cnc21. The number of benzene rings is 2. The van der Waals surface area contributed by atoms with E-state index in [4.69, 9.17) is 0 Å². The van der Waals surface area contributed by atoms with Crippen molar-refractivity contribution >= 4 is 32.7 Å². The number of nitrogens with zero attached hydrogens (tertiary/aromatic N) is 3. The van der Waals surface area contributed by atoms with Crippen LogP contribution >= 0.6 is 0 Å². The molecule has 0 saturated carbocycles. The average Bonchev–Trinajstić information content (AvgIpc) is 2.89. The van der Waals surface area contributed by atoms with Crippen molar-refractivity contribution in [1.29, 1.82) is 0 Å². The number of rotatable bonds is 0. The van der Waals surface area contributed by atoms with Gasteiger partial charge in [-0.1, -0.05) is 36.7 Å². The summed E-state index contributed by atoms with van der Waals surface area (Å²) in [4.78, 5) is 13.1. The molecule has 0 N–H and O–H groups in total. The number of imidazole rings is 1. The summed E-state index contributed by atoms with van der Waals surface area (Å²) >= 11 is 0. The van der Waals surface area contributed by atoms with Crippen LogP contribution in [0.3, 0.4) is 0 Å². The second kappa shape index (κ2) is 4.16. The molecule has 0 amide bonds. The molecule has 18 heavy (non-hydrogen) atoms. The van der Waals surface area contributed by atoms with Gasteiger partial charge in [0.1, 0.15) is 0 Å². The fourth-order valence-corrected chi connectivity index (χ4v) is 2.37. The minimum atomic E-state index is 0. The Bertz CT molecular complexity index is 781. The quantitative estimate of drug-likeness (QED) is 0.419. The van der Waals surface area contributed by atoms with Gasteiger partial charge in [0, 0.05) is 31.7 Å². The van der Waals surface area contributed by atoms with E-state index in [9.17, 15) is 0 Å². The van der Waals surface area contributed by atoms with E-state index in [1.807, 2.05) is 18.2 Å². The van der Waals surface area contributed by atoms with Gasteiger partial charge in [0.15, 0.2) is 0 Å². The fraction of sp³-hybridized carbons (Fsp3) is 0. The number of hydrogen-bond acceptors (Lipinski definition) is 2. The molecular weight excluding hydrogens is 402 g/mol. The minimum absolute atomic E-state index is 0. The Morgan fingerprint density at radius 2 is 1.44 bits per heavy atom. The van der Waals surface area contributed by atoms with Gasteiger partial charge in [-0.25, -0.2) is 0 Å². The van der Waals surface area contributed by atoms with Gasteiger partial charge in [-0.3, -0.25) is 4.98 Å². The summed E-state index contributed by atoms with van der Waals surface area (Å²) in [5.74, 6) is 0. The molecule has 0 aliphatic rings. The molecule has 0 bridgehead atoms. The third kappa shape index (κ3) is 1.40. The molecule has 0 saturated heterocycles. The van der Waals surface area contributed by atoms with E-state index < -0.39 is 0 Å². The summed E-state index contributed by atoms with van der Waals surface area (Å²) in [5, 5.41) is 3.46. The maximum Gasteiger partial charge on any atom is 0.0742 e. The van der Waals surface area contributed by atoms with Crippen molar-refractivity contribution in [3.05, 3.63) is 48.9 Å². The molecule has 4 heteroatoms. The van der Waals surface area contributed by atoms with Crippen LogP contribution in [0.1, 0.15) is 0 Å². The van der Waals surface area contributed by atoms with Crippen molar-refractivity contribution in [3.63, 3.8) is 0 Å². The summed E-state index contributed by atoms with van der Waals surface area (Å²) in [7, 11) is 0. The molecule has 3 nitrogen and oxygen atoms in total. The topological polar surface area (TPSA) is 39.9 Å². The van der Waals surface area contributed by atoms with Crippen LogP contribution < -0.4 is 4.98 Å². The number of fused-ring (bicyclic) bond motifs is 6. The van der Waals surface area contributed by atoms with Crippen molar-refractivity contribution in [1.82, 2.24) is 15.0 Å². The van der Waals surface area contributed by atoms with Gasteiger partial charge >= 0.3 is 0 Å². The van der Waals surface area contributed by atoms with Gasteiger partial charge in [-0.05, 0) is 27.9 Å². The van der Waals surface area contributed by atoms with Crippen molar-refractivity contribution in [2.75, 3.05) is 0 Å². The zero-order valence-electron chi connectivity index (χ0n) is 9.29. The van der Waals surface area contributed by atoms with Gasteiger partial charge in [0.2, 0.25) is 0 Å². The van der Waals surface area contributed by atoms with E-state index in [0.717, 1.165) is 27.3 Å². The summed E-state index contributed by atoms with van der Waals surface area (Å²) in [5.41, 5.74) is 2.75. The fourth-order valence-electron chi connectivity index (χ4n) is 2.37. The monoisotopic (exact) mass is 411 g/mol. The molecule has 0 fully saturated rings. The number of pyridine rings is 1. The van der Waals surface area contributed by atoms with Crippen LogP contribution in [0.15, 0.2) is 48.9 Å². The van der Waals surface area contributed by atoms with Crippen LogP contribution in [0.5, 0.6) is 0 Å². The summed E-state index contributed by atoms with van der Waals surface area (Å²) in [6.45, 7) is 0. The van der Waals surface area contributed by atoms with E-state index in [0.29, 0.717) is 0 Å². The summed E-state index contributed by atoms with van der Waals surface area (Å²) < 4.78 is 0. The predicted molar refractivity (Wildman–Crippen MR) is 67.9 cm³/mol. The van der Waals surface area contributed by atoms with Gasteiger partial charge in [-0.2, -0.15) is 0 Å². The Labute approximate surface area is 117 Å². The number of aromatic nitrogens is 3. The van der Waals surface area contributed by atoms with E-state index in [-0.39, 0.29) is 20.1 Å². The second-order valence-corrected chi connectivity index (χ2v) is 4.02. The molecular formula is C14H8IrN3-. The van der Waals surface area contributed by atoms with Crippen LogP contribution in [0, 0.1) is 0 Å². The van der Waals surface area contributed by atoms with Crippen molar-refractivity contribution in [3.8, 4) is 0 Å². The van der Waals surface area contributed by atoms with Crippen LogP contribution in [-0.2, 0) is 20.1 Å². The summed E-state index contributed by atoms with van der Waals surface area (Å²) in [6.07, 6.45) is 3.40. The third-order valence-electron chi connectivity index (χ3n) is 3.10. The summed E-state index contributed by atoms with van der Waals surface area (Å²) in [6, 6.07) is 12.3. The molecule has 0 atom stereocenters.